The second kappa shape index (κ2) is 6.71. The minimum absolute atomic E-state index is 0.0452. The number of aryl methyl sites for hydroxylation is 1. The molecule has 0 spiro atoms. The van der Waals surface area contributed by atoms with Gasteiger partial charge in [0.05, 0.1) is 6.54 Å². The van der Waals surface area contributed by atoms with Gasteiger partial charge in [-0.05, 0) is 43.4 Å². The predicted molar refractivity (Wildman–Crippen MR) is 79.2 cm³/mol. The van der Waals surface area contributed by atoms with Gasteiger partial charge in [0.2, 0.25) is 5.91 Å². The molecule has 2 unspecified atom stereocenters. The summed E-state index contributed by atoms with van der Waals surface area (Å²) in [6, 6.07) is 8.40. The minimum Gasteiger partial charge on any atom is -0.325 e. The van der Waals surface area contributed by atoms with E-state index in [1.807, 2.05) is 31.2 Å². The lowest BCUT2D eigenvalue weighted by molar-refractivity contribution is -0.115. The molecule has 1 aliphatic rings. The maximum Gasteiger partial charge on any atom is 0.238 e. The first kappa shape index (κ1) is 14.1. The quantitative estimate of drug-likeness (QED) is 0.873. The maximum atomic E-state index is 11.9. The second-order valence-electron chi connectivity index (χ2n) is 5.77. The lowest BCUT2D eigenvalue weighted by Crippen LogP contribution is -2.38. The van der Waals surface area contributed by atoms with Gasteiger partial charge < -0.3 is 10.6 Å². The topological polar surface area (TPSA) is 41.1 Å². The van der Waals surface area contributed by atoms with Crippen LogP contribution in [-0.2, 0) is 4.79 Å². The van der Waals surface area contributed by atoms with Gasteiger partial charge in [-0.3, -0.25) is 4.79 Å². The molecular formula is C16H24N2O. The summed E-state index contributed by atoms with van der Waals surface area (Å²) in [5.41, 5.74) is 2.04. The van der Waals surface area contributed by atoms with E-state index in [2.05, 4.69) is 17.6 Å². The van der Waals surface area contributed by atoms with E-state index in [4.69, 9.17) is 0 Å². The van der Waals surface area contributed by atoms with E-state index in [-0.39, 0.29) is 5.91 Å². The molecule has 2 atom stereocenters. The fourth-order valence-electron chi connectivity index (χ4n) is 2.78. The van der Waals surface area contributed by atoms with Crippen LogP contribution in [0.15, 0.2) is 24.3 Å². The molecule has 19 heavy (non-hydrogen) atoms. The Hall–Kier alpha value is -1.35. The summed E-state index contributed by atoms with van der Waals surface area (Å²) in [5.74, 6) is 0.829. The smallest absolute Gasteiger partial charge is 0.238 e. The zero-order valence-electron chi connectivity index (χ0n) is 11.9. The highest BCUT2D eigenvalue weighted by Crippen LogP contribution is 2.23. The van der Waals surface area contributed by atoms with Crippen LogP contribution in [0.1, 0.15) is 38.2 Å². The number of benzene rings is 1. The van der Waals surface area contributed by atoms with Crippen LogP contribution in [0, 0.1) is 12.8 Å². The van der Waals surface area contributed by atoms with Gasteiger partial charge in [-0.2, -0.15) is 0 Å². The molecule has 0 saturated heterocycles. The Morgan fingerprint density at radius 1 is 1.37 bits per heavy atom. The molecule has 1 aliphatic carbocycles. The average molecular weight is 260 g/mol. The molecule has 1 aromatic rings. The van der Waals surface area contributed by atoms with Gasteiger partial charge in [0, 0.05) is 11.7 Å². The summed E-state index contributed by atoms with van der Waals surface area (Å²) < 4.78 is 0. The number of anilines is 1. The van der Waals surface area contributed by atoms with E-state index < -0.39 is 0 Å². The van der Waals surface area contributed by atoms with Crippen molar-refractivity contribution >= 4 is 11.6 Å². The van der Waals surface area contributed by atoms with Crippen molar-refractivity contribution in [1.82, 2.24) is 5.32 Å². The molecule has 0 heterocycles. The van der Waals surface area contributed by atoms with E-state index in [1.54, 1.807) is 0 Å². The van der Waals surface area contributed by atoms with Crippen molar-refractivity contribution in [2.75, 3.05) is 11.9 Å². The number of rotatable bonds is 4. The minimum atomic E-state index is 0.0452. The lowest BCUT2D eigenvalue weighted by Gasteiger charge is -2.27. The molecule has 3 nitrogen and oxygen atoms in total. The number of carbonyl (C=O) groups is 1. The van der Waals surface area contributed by atoms with Gasteiger partial charge >= 0.3 is 0 Å². The number of carbonyl (C=O) groups excluding carboxylic acids is 1. The molecule has 104 valence electrons. The van der Waals surface area contributed by atoms with Crippen molar-refractivity contribution in [2.24, 2.45) is 5.92 Å². The second-order valence-corrected chi connectivity index (χ2v) is 5.77. The number of nitrogens with one attached hydrogen (secondary N) is 2. The third-order valence-electron chi connectivity index (χ3n) is 3.79. The molecule has 0 aromatic heterocycles. The molecule has 0 bridgehead atoms. The first-order chi connectivity index (χ1) is 9.13. The van der Waals surface area contributed by atoms with Crippen LogP contribution in [0.25, 0.3) is 0 Å². The molecule has 2 N–H and O–H groups in total. The molecular weight excluding hydrogens is 236 g/mol. The lowest BCUT2D eigenvalue weighted by atomic mass is 9.87. The average Bonchev–Trinajstić information content (AvgIpc) is 2.36. The van der Waals surface area contributed by atoms with Crippen LogP contribution < -0.4 is 10.6 Å². The normalized spacial score (nSPS) is 23.1. The summed E-state index contributed by atoms with van der Waals surface area (Å²) in [6.07, 6.45) is 4.99. The van der Waals surface area contributed by atoms with Crippen LogP contribution in [0.5, 0.6) is 0 Å². The summed E-state index contributed by atoms with van der Waals surface area (Å²) >= 11 is 0. The molecule has 3 heteroatoms. The highest BCUT2D eigenvalue weighted by Gasteiger charge is 2.18. The summed E-state index contributed by atoms with van der Waals surface area (Å²) in [6.45, 7) is 4.73. The maximum absolute atomic E-state index is 11.9. The fraction of sp³-hybridized carbons (Fsp3) is 0.562. The van der Waals surface area contributed by atoms with Crippen molar-refractivity contribution in [1.29, 1.82) is 0 Å². The molecule has 1 saturated carbocycles. The molecule has 1 amide bonds. The van der Waals surface area contributed by atoms with Crippen molar-refractivity contribution < 1.29 is 4.79 Å². The van der Waals surface area contributed by atoms with Crippen LogP contribution in [-0.4, -0.2) is 18.5 Å². The van der Waals surface area contributed by atoms with Gasteiger partial charge in [0.25, 0.3) is 0 Å². The molecule has 1 aromatic carbocycles. The van der Waals surface area contributed by atoms with E-state index in [1.165, 1.54) is 25.7 Å². The van der Waals surface area contributed by atoms with Crippen molar-refractivity contribution in [3.8, 4) is 0 Å². The Kier molecular flexibility index (Phi) is 4.97. The van der Waals surface area contributed by atoms with Crippen LogP contribution >= 0.6 is 0 Å². The molecule has 0 radical (unpaired) electrons. The summed E-state index contributed by atoms with van der Waals surface area (Å²) in [4.78, 5) is 11.9. The highest BCUT2D eigenvalue weighted by molar-refractivity contribution is 5.92. The van der Waals surface area contributed by atoms with Crippen molar-refractivity contribution in [2.45, 2.75) is 45.6 Å². The Morgan fingerprint density at radius 2 is 2.21 bits per heavy atom. The molecule has 0 aliphatic heterocycles. The number of hydrogen-bond acceptors (Lipinski definition) is 2. The monoisotopic (exact) mass is 260 g/mol. The SMILES string of the molecule is Cc1cccc(NC(=O)CNC2CCCC(C)C2)c1. The van der Waals surface area contributed by atoms with Crippen LogP contribution in [0.4, 0.5) is 5.69 Å². The molecule has 2 rings (SSSR count). The van der Waals surface area contributed by atoms with E-state index in [0.717, 1.165) is 17.2 Å². The third kappa shape index (κ3) is 4.67. The first-order valence-electron chi connectivity index (χ1n) is 7.23. The Balaban J connectivity index is 1.75. The van der Waals surface area contributed by atoms with E-state index in [0.29, 0.717) is 12.6 Å². The van der Waals surface area contributed by atoms with Gasteiger partial charge in [-0.15, -0.1) is 0 Å². The largest absolute Gasteiger partial charge is 0.325 e. The van der Waals surface area contributed by atoms with Gasteiger partial charge in [-0.1, -0.05) is 31.9 Å². The van der Waals surface area contributed by atoms with Crippen molar-refractivity contribution in [3.05, 3.63) is 29.8 Å². The van der Waals surface area contributed by atoms with Crippen LogP contribution in [0.2, 0.25) is 0 Å². The van der Waals surface area contributed by atoms with E-state index >= 15 is 0 Å². The molecule has 1 fully saturated rings. The Bertz CT molecular complexity index is 431. The Labute approximate surface area is 115 Å². The Morgan fingerprint density at radius 3 is 2.95 bits per heavy atom. The first-order valence-corrected chi connectivity index (χ1v) is 7.23. The number of hydrogen-bond donors (Lipinski definition) is 2. The zero-order chi connectivity index (χ0) is 13.7. The standard InChI is InChI=1S/C16H24N2O/c1-12-5-3-7-14(9-12)17-11-16(19)18-15-8-4-6-13(2)10-15/h4,6,8,10,12,14,17H,3,5,7,9,11H2,1-2H3,(H,18,19). The fourth-order valence-corrected chi connectivity index (χ4v) is 2.78. The van der Waals surface area contributed by atoms with Gasteiger partial charge in [0.15, 0.2) is 0 Å². The predicted octanol–water partition coefficient (Wildman–Crippen LogP) is 3.10. The zero-order valence-corrected chi connectivity index (χ0v) is 11.9. The summed E-state index contributed by atoms with van der Waals surface area (Å²) in [5, 5.41) is 6.31. The highest BCUT2D eigenvalue weighted by atomic mass is 16.1. The van der Waals surface area contributed by atoms with Gasteiger partial charge in [0.1, 0.15) is 0 Å². The van der Waals surface area contributed by atoms with Crippen molar-refractivity contribution in [3.63, 3.8) is 0 Å². The van der Waals surface area contributed by atoms with Gasteiger partial charge in [-0.25, -0.2) is 0 Å². The summed E-state index contributed by atoms with van der Waals surface area (Å²) in [7, 11) is 0. The van der Waals surface area contributed by atoms with E-state index in [9.17, 15) is 4.79 Å². The third-order valence-corrected chi connectivity index (χ3v) is 3.79. The number of amides is 1. The van der Waals surface area contributed by atoms with Crippen LogP contribution in [0.3, 0.4) is 0 Å².